The van der Waals surface area contributed by atoms with E-state index in [0.29, 0.717) is 6.42 Å². The van der Waals surface area contributed by atoms with Gasteiger partial charge in [0.15, 0.2) is 0 Å². The molecule has 0 aliphatic carbocycles. The van der Waals surface area contributed by atoms with Crippen molar-refractivity contribution in [2.45, 2.75) is 213 Å². The van der Waals surface area contributed by atoms with Crippen molar-refractivity contribution in [2.24, 2.45) is 0 Å². The molecule has 0 aliphatic rings. The monoisotopic (exact) mass is 798 g/mol. The topological polar surface area (TPSA) is 131 Å². The zero-order chi connectivity index (χ0) is 40.3. The summed E-state index contributed by atoms with van der Waals surface area (Å²) < 4.78 is 26.9. The van der Waals surface area contributed by atoms with Crippen molar-refractivity contribution < 1.29 is 37.9 Å². The Balaban J connectivity index is 3.60. The highest BCUT2D eigenvalue weighted by Gasteiger charge is 2.23. The Morgan fingerprint density at radius 3 is 1.51 bits per heavy atom. The van der Waals surface area contributed by atoms with E-state index in [2.05, 4.69) is 55.6 Å². The van der Waals surface area contributed by atoms with Gasteiger partial charge in [0.05, 0.1) is 13.2 Å². The van der Waals surface area contributed by atoms with Crippen LogP contribution in [0.15, 0.2) is 36.5 Å². The zero-order valence-electron chi connectivity index (χ0n) is 35.4. The van der Waals surface area contributed by atoms with Gasteiger partial charge in [0.2, 0.25) is 5.91 Å². The molecule has 9 nitrogen and oxygen atoms in total. The van der Waals surface area contributed by atoms with Gasteiger partial charge >= 0.3 is 13.8 Å². The van der Waals surface area contributed by atoms with E-state index in [-0.39, 0.29) is 32.1 Å². The third-order valence-corrected chi connectivity index (χ3v) is 10.5. The average molecular weight is 798 g/mol. The lowest BCUT2D eigenvalue weighted by Gasteiger charge is -2.15. The number of carbonyl (C=O) groups excluding carboxylic acids is 2. The number of esters is 1. The van der Waals surface area contributed by atoms with Crippen LogP contribution in [0.25, 0.3) is 0 Å². The summed E-state index contributed by atoms with van der Waals surface area (Å²) in [5.41, 5.74) is 0. The second kappa shape index (κ2) is 41.9. The average Bonchev–Trinajstić information content (AvgIpc) is 3.17. The first-order valence-corrected chi connectivity index (χ1v) is 24.0. The van der Waals surface area contributed by atoms with Crippen molar-refractivity contribution in [1.82, 2.24) is 5.32 Å². The van der Waals surface area contributed by atoms with Crippen LogP contribution >= 0.6 is 7.82 Å². The molecule has 0 aliphatic heterocycles. The Labute approximate surface area is 337 Å². The lowest BCUT2D eigenvalue weighted by molar-refractivity contribution is -0.147. The smallest absolute Gasteiger partial charge is 0.463 e. The first-order valence-electron chi connectivity index (χ1n) is 22.5. The Morgan fingerprint density at radius 2 is 0.982 bits per heavy atom. The van der Waals surface area contributed by atoms with Crippen molar-refractivity contribution >= 4 is 19.7 Å². The number of nitrogens with one attached hydrogen (secondary N) is 1. The van der Waals surface area contributed by atoms with Gasteiger partial charge in [-0.25, -0.2) is 4.57 Å². The van der Waals surface area contributed by atoms with Gasteiger partial charge in [0.25, 0.3) is 0 Å². The molecule has 0 bridgehead atoms. The van der Waals surface area contributed by atoms with Gasteiger partial charge in [-0.05, 0) is 70.6 Å². The van der Waals surface area contributed by atoms with Crippen LogP contribution in [0.2, 0.25) is 0 Å². The quantitative estimate of drug-likeness (QED) is 0.0241. The second-order valence-electron chi connectivity index (χ2n) is 15.0. The lowest BCUT2D eigenvalue weighted by Crippen LogP contribution is -2.27. The molecule has 1 amide bonds. The van der Waals surface area contributed by atoms with Crippen LogP contribution in [0.3, 0.4) is 0 Å². The summed E-state index contributed by atoms with van der Waals surface area (Å²) in [6.45, 7) is 3.52. The van der Waals surface area contributed by atoms with Gasteiger partial charge < -0.3 is 20.1 Å². The summed E-state index contributed by atoms with van der Waals surface area (Å²) in [5.74, 6) is -0.530. The van der Waals surface area contributed by atoms with Gasteiger partial charge in [0, 0.05) is 19.4 Å². The van der Waals surface area contributed by atoms with E-state index in [9.17, 15) is 24.2 Å². The summed E-state index contributed by atoms with van der Waals surface area (Å²) in [7, 11) is -4.42. The molecule has 0 fully saturated rings. The molecule has 10 heteroatoms. The standard InChI is InChI=1S/C45H84NO8P/c1-3-5-7-9-11-13-15-17-19-20-21-22-24-26-28-30-32-34-36-38-45(49)52-41-43(47)42-54-55(50,51)53-40-39-46-44(48)37-35-33-31-29-27-25-23-18-16-14-12-10-8-6-4-2/h12,14,17-19,23,43,47H,3-11,13,15-16,20-22,24-42H2,1-2H3,(H,46,48)(H,50,51)/b14-12-,19-17+,23-18-. The van der Waals surface area contributed by atoms with Crippen LogP contribution in [0, 0.1) is 0 Å². The predicted octanol–water partition coefficient (Wildman–Crippen LogP) is 12.6. The SMILES string of the molecule is CCCCC/C=C\C/C=C\CCCCCCCC(=O)NCCOP(=O)(O)OCC(O)COC(=O)CCCCCCCCCCC/C=C/CCCCCCCC. The van der Waals surface area contributed by atoms with Gasteiger partial charge in [0.1, 0.15) is 12.7 Å². The highest BCUT2D eigenvalue weighted by molar-refractivity contribution is 7.47. The molecule has 3 N–H and O–H groups in total. The minimum absolute atomic E-state index is 0.0741. The van der Waals surface area contributed by atoms with Gasteiger partial charge in [-0.15, -0.1) is 0 Å². The molecular weight excluding hydrogens is 713 g/mol. The largest absolute Gasteiger partial charge is 0.472 e. The maximum atomic E-state index is 12.1. The number of hydrogen-bond acceptors (Lipinski definition) is 7. The molecule has 0 saturated carbocycles. The predicted molar refractivity (Wildman–Crippen MR) is 229 cm³/mol. The Hall–Kier alpha value is -1.77. The van der Waals surface area contributed by atoms with Gasteiger partial charge in [-0.2, -0.15) is 0 Å². The van der Waals surface area contributed by atoms with Crippen LogP contribution < -0.4 is 5.32 Å². The second-order valence-corrected chi connectivity index (χ2v) is 16.5. The third-order valence-electron chi connectivity index (χ3n) is 9.54. The Morgan fingerprint density at radius 1 is 0.564 bits per heavy atom. The number of rotatable bonds is 42. The maximum Gasteiger partial charge on any atom is 0.472 e. The number of allylic oxidation sites excluding steroid dienone is 6. The van der Waals surface area contributed by atoms with Crippen LogP contribution in [-0.2, 0) is 27.9 Å². The molecule has 0 aromatic carbocycles. The lowest BCUT2D eigenvalue weighted by atomic mass is 10.1. The maximum absolute atomic E-state index is 12.1. The number of unbranched alkanes of at least 4 members (excludes halogenated alkanes) is 23. The third kappa shape index (κ3) is 43.2. The molecule has 0 saturated heterocycles. The Kier molecular flexibility index (Phi) is 40.5. The summed E-state index contributed by atoms with van der Waals surface area (Å²) in [4.78, 5) is 33.9. The molecule has 322 valence electrons. The van der Waals surface area contributed by atoms with Crippen molar-refractivity contribution in [2.75, 3.05) is 26.4 Å². The Bertz CT molecular complexity index is 1000. The number of ether oxygens (including phenoxy) is 1. The molecule has 0 spiro atoms. The van der Waals surface area contributed by atoms with E-state index < -0.39 is 26.5 Å². The number of carbonyl (C=O) groups is 2. The number of phosphoric ester groups is 1. The molecule has 2 unspecified atom stereocenters. The van der Waals surface area contributed by atoms with Gasteiger partial charge in [-0.3, -0.25) is 18.6 Å². The van der Waals surface area contributed by atoms with Crippen molar-refractivity contribution in [3.8, 4) is 0 Å². The van der Waals surface area contributed by atoms with Crippen molar-refractivity contribution in [3.63, 3.8) is 0 Å². The summed E-state index contributed by atoms with van der Waals surface area (Å²) in [6.07, 6.45) is 46.4. The highest BCUT2D eigenvalue weighted by Crippen LogP contribution is 2.42. The molecule has 0 radical (unpaired) electrons. The van der Waals surface area contributed by atoms with E-state index in [4.69, 9.17) is 13.8 Å². The van der Waals surface area contributed by atoms with Crippen LogP contribution in [0.1, 0.15) is 206 Å². The number of hydrogen-bond donors (Lipinski definition) is 3. The van der Waals surface area contributed by atoms with Crippen LogP contribution in [0.4, 0.5) is 0 Å². The van der Waals surface area contributed by atoms with Crippen molar-refractivity contribution in [3.05, 3.63) is 36.5 Å². The van der Waals surface area contributed by atoms with E-state index in [0.717, 1.165) is 64.2 Å². The fourth-order valence-electron chi connectivity index (χ4n) is 6.11. The van der Waals surface area contributed by atoms with E-state index in [1.54, 1.807) is 0 Å². The molecule has 55 heavy (non-hydrogen) atoms. The summed E-state index contributed by atoms with van der Waals surface area (Å²) >= 11 is 0. The molecule has 0 aromatic heterocycles. The van der Waals surface area contributed by atoms with Gasteiger partial charge in [-0.1, -0.05) is 159 Å². The van der Waals surface area contributed by atoms with Crippen LogP contribution in [0.5, 0.6) is 0 Å². The normalized spacial score (nSPS) is 13.6. The van der Waals surface area contributed by atoms with Crippen LogP contribution in [-0.4, -0.2) is 54.3 Å². The fourth-order valence-corrected chi connectivity index (χ4v) is 6.87. The molecule has 0 rings (SSSR count). The zero-order valence-corrected chi connectivity index (χ0v) is 36.3. The van der Waals surface area contributed by atoms with E-state index in [1.807, 2.05) is 0 Å². The highest BCUT2D eigenvalue weighted by atomic mass is 31.2. The molecule has 0 aromatic rings. The summed E-state index contributed by atoms with van der Waals surface area (Å²) in [6, 6.07) is 0. The minimum atomic E-state index is -4.42. The number of aliphatic hydroxyl groups excluding tert-OH is 1. The summed E-state index contributed by atoms with van der Waals surface area (Å²) in [5, 5.41) is 12.7. The minimum Gasteiger partial charge on any atom is -0.463 e. The first kappa shape index (κ1) is 53.2. The number of amides is 1. The molecule has 2 atom stereocenters. The number of aliphatic hydroxyl groups is 1. The van der Waals surface area contributed by atoms with E-state index >= 15 is 0 Å². The van der Waals surface area contributed by atoms with Crippen molar-refractivity contribution in [1.29, 1.82) is 0 Å². The first-order chi connectivity index (χ1) is 26.8. The van der Waals surface area contributed by atoms with E-state index in [1.165, 1.54) is 116 Å². The number of phosphoric acid groups is 1. The molecular formula is C45H84NO8P. The fraction of sp³-hybridized carbons (Fsp3) is 0.822. The molecule has 0 heterocycles.